The molecule has 1 N–H and O–H groups in total. The van der Waals surface area contributed by atoms with Gasteiger partial charge in [-0.05, 0) is 24.1 Å². The van der Waals surface area contributed by atoms with Crippen molar-refractivity contribution in [1.82, 2.24) is 5.43 Å². The number of hydrogen-bond donors (Lipinski definition) is 1. The average molecular weight is 348 g/mol. The SMILES string of the molecule is CN(CCC#N)c1ccc(/C=N\NC(=O)[C@H]2CCS(=O)(=O)C2)cc1. The Kier molecular flexibility index (Phi) is 5.93. The third kappa shape index (κ3) is 5.06. The van der Waals surface area contributed by atoms with E-state index in [1.165, 1.54) is 6.21 Å². The Morgan fingerprint density at radius 2 is 2.17 bits per heavy atom. The molecule has 1 aliphatic heterocycles. The van der Waals surface area contributed by atoms with Crippen LogP contribution in [0, 0.1) is 17.2 Å². The zero-order valence-electron chi connectivity index (χ0n) is 13.5. The molecule has 24 heavy (non-hydrogen) atoms. The molecule has 1 atom stereocenters. The van der Waals surface area contributed by atoms with Gasteiger partial charge in [0.2, 0.25) is 5.91 Å². The number of sulfone groups is 1. The molecule has 1 saturated heterocycles. The molecule has 0 saturated carbocycles. The lowest BCUT2D eigenvalue weighted by Gasteiger charge is -2.17. The number of hydrazone groups is 1. The second-order valence-corrected chi connectivity index (χ2v) is 7.98. The molecule has 0 bridgehead atoms. The zero-order valence-corrected chi connectivity index (χ0v) is 14.3. The normalized spacial score (nSPS) is 19.1. The molecule has 128 valence electrons. The lowest BCUT2D eigenvalue weighted by Crippen LogP contribution is -2.27. The Morgan fingerprint density at radius 3 is 2.75 bits per heavy atom. The van der Waals surface area contributed by atoms with Gasteiger partial charge in [0.25, 0.3) is 0 Å². The summed E-state index contributed by atoms with van der Waals surface area (Å²) in [5.41, 5.74) is 4.20. The van der Waals surface area contributed by atoms with Gasteiger partial charge in [-0.25, -0.2) is 13.8 Å². The van der Waals surface area contributed by atoms with Crippen LogP contribution in [-0.4, -0.2) is 45.6 Å². The number of nitrogens with one attached hydrogen (secondary N) is 1. The van der Waals surface area contributed by atoms with Gasteiger partial charge in [-0.2, -0.15) is 10.4 Å². The van der Waals surface area contributed by atoms with Crippen molar-refractivity contribution in [2.75, 3.05) is 30.0 Å². The first-order valence-electron chi connectivity index (χ1n) is 7.63. The lowest BCUT2D eigenvalue weighted by molar-refractivity contribution is -0.124. The summed E-state index contributed by atoms with van der Waals surface area (Å²) in [5.74, 6) is -0.906. The minimum atomic E-state index is -3.07. The lowest BCUT2D eigenvalue weighted by atomic mass is 10.1. The number of nitrogens with zero attached hydrogens (tertiary/aromatic N) is 3. The monoisotopic (exact) mass is 348 g/mol. The van der Waals surface area contributed by atoms with Crippen LogP contribution in [0.3, 0.4) is 0 Å². The van der Waals surface area contributed by atoms with E-state index in [1.54, 1.807) is 0 Å². The number of anilines is 1. The summed E-state index contributed by atoms with van der Waals surface area (Å²) in [5, 5.41) is 12.5. The molecule has 0 radical (unpaired) electrons. The van der Waals surface area contributed by atoms with Gasteiger partial charge in [0.15, 0.2) is 9.84 Å². The molecule has 0 spiro atoms. The Bertz CT molecular complexity index is 751. The number of carbonyl (C=O) groups excluding carboxylic acids is 1. The summed E-state index contributed by atoms with van der Waals surface area (Å²) >= 11 is 0. The van der Waals surface area contributed by atoms with Crippen molar-refractivity contribution in [3.8, 4) is 6.07 Å². The Balaban J connectivity index is 1.86. The van der Waals surface area contributed by atoms with Gasteiger partial charge in [0.1, 0.15) is 0 Å². The number of hydrogen-bond acceptors (Lipinski definition) is 6. The van der Waals surface area contributed by atoms with Crippen molar-refractivity contribution in [1.29, 1.82) is 5.26 Å². The minimum absolute atomic E-state index is 0.0651. The van der Waals surface area contributed by atoms with Crippen molar-refractivity contribution in [3.05, 3.63) is 29.8 Å². The van der Waals surface area contributed by atoms with Crippen LogP contribution >= 0.6 is 0 Å². The van der Waals surface area contributed by atoms with Crippen LogP contribution in [0.1, 0.15) is 18.4 Å². The van der Waals surface area contributed by atoms with E-state index in [-0.39, 0.29) is 17.4 Å². The van der Waals surface area contributed by atoms with Crippen molar-refractivity contribution >= 4 is 27.6 Å². The van der Waals surface area contributed by atoms with Crippen LogP contribution in [0.4, 0.5) is 5.69 Å². The second kappa shape index (κ2) is 7.93. The van der Waals surface area contributed by atoms with E-state index in [0.717, 1.165) is 11.3 Å². The van der Waals surface area contributed by atoms with Gasteiger partial charge in [0, 0.05) is 19.3 Å². The van der Waals surface area contributed by atoms with Crippen LogP contribution in [0.15, 0.2) is 29.4 Å². The fraction of sp³-hybridized carbons (Fsp3) is 0.438. The number of carbonyl (C=O) groups is 1. The smallest absolute Gasteiger partial charge is 0.244 e. The maximum absolute atomic E-state index is 11.8. The van der Waals surface area contributed by atoms with Crippen molar-refractivity contribution in [2.45, 2.75) is 12.8 Å². The quantitative estimate of drug-likeness (QED) is 0.608. The summed E-state index contributed by atoms with van der Waals surface area (Å²) in [6.45, 7) is 0.657. The van der Waals surface area contributed by atoms with Crippen molar-refractivity contribution in [3.63, 3.8) is 0 Å². The van der Waals surface area contributed by atoms with E-state index < -0.39 is 15.8 Å². The number of benzene rings is 1. The van der Waals surface area contributed by atoms with Crippen LogP contribution in [0.5, 0.6) is 0 Å². The first-order valence-corrected chi connectivity index (χ1v) is 9.45. The van der Waals surface area contributed by atoms with E-state index in [4.69, 9.17) is 5.26 Å². The number of rotatable bonds is 6. The summed E-state index contributed by atoms with van der Waals surface area (Å²) in [6, 6.07) is 9.63. The molecule has 1 aromatic carbocycles. The van der Waals surface area contributed by atoms with Gasteiger partial charge in [0.05, 0.1) is 36.1 Å². The number of nitriles is 1. The molecule has 1 fully saturated rings. The highest BCUT2D eigenvalue weighted by Crippen LogP contribution is 2.18. The molecule has 0 aliphatic carbocycles. The van der Waals surface area contributed by atoms with Crippen molar-refractivity contribution < 1.29 is 13.2 Å². The largest absolute Gasteiger partial charge is 0.374 e. The predicted molar refractivity (Wildman–Crippen MR) is 92.4 cm³/mol. The molecule has 7 nitrogen and oxygen atoms in total. The first-order chi connectivity index (χ1) is 11.4. The van der Waals surface area contributed by atoms with E-state index in [1.807, 2.05) is 36.2 Å². The summed E-state index contributed by atoms with van der Waals surface area (Å²) < 4.78 is 22.7. The molecule has 1 heterocycles. The maximum atomic E-state index is 11.8. The summed E-state index contributed by atoms with van der Waals surface area (Å²) in [4.78, 5) is 13.8. The molecule has 1 aliphatic rings. The minimum Gasteiger partial charge on any atom is -0.374 e. The number of amides is 1. The summed E-state index contributed by atoms with van der Waals surface area (Å²) in [7, 11) is -1.16. The van der Waals surface area contributed by atoms with E-state index in [9.17, 15) is 13.2 Å². The van der Waals surface area contributed by atoms with E-state index in [0.29, 0.717) is 19.4 Å². The Morgan fingerprint density at radius 1 is 1.46 bits per heavy atom. The van der Waals surface area contributed by atoms with Gasteiger partial charge < -0.3 is 4.90 Å². The Hall–Kier alpha value is -2.40. The molecular weight excluding hydrogens is 328 g/mol. The van der Waals surface area contributed by atoms with Gasteiger partial charge >= 0.3 is 0 Å². The zero-order chi connectivity index (χ0) is 17.6. The van der Waals surface area contributed by atoms with Crippen LogP contribution in [0.2, 0.25) is 0 Å². The van der Waals surface area contributed by atoms with Crippen LogP contribution < -0.4 is 10.3 Å². The third-order valence-corrected chi connectivity index (χ3v) is 5.65. The molecule has 1 aromatic rings. The topological polar surface area (TPSA) is 103 Å². The molecule has 1 amide bonds. The second-order valence-electron chi connectivity index (χ2n) is 5.76. The fourth-order valence-corrected chi connectivity index (χ4v) is 4.17. The molecule has 2 rings (SSSR count). The van der Waals surface area contributed by atoms with Gasteiger partial charge in [-0.15, -0.1) is 0 Å². The average Bonchev–Trinajstić information content (AvgIpc) is 2.93. The standard InChI is InChI=1S/C16H20N4O3S/c1-20(9-2-8-17)15-5-3-13(4-6-15)11-18-19-16(21)14-7-10-24(22,23)12-14/h3-6,11,14H,2,7,9-10,12H2,1H3,(H,19,21)/b18-11-/t14-/m0/s1. The Labute approximate surface area is 141 Å². The molecule has 0 unspecified atom stereocenters. The summed E-state index contributed by atoms with van der Waals surface area (Å²) in [6.07, 6.45) is 2.33. The van der Waals surface area contributed by atoms with Crippen LogP contribution in [0.25, 0.3) is 0 Å². The van der Waals surface area contributed by atoms with Crippen LogP contribution in [-0.2, 0) is 14.6 Å². The van der Waals surface area contributed by atoms with Crippen molar-refractivity contribution in [2.24, 2.45) is 11.0 Å². The molecule has 0 aromatic heterocycles. The molecular formula is C16H20N4O3S. The van der Waals surface area contributed by atoms with Gasteiger partial charge in [-0.3, -0.25) is 4.79 Å². The van der Waals surface area contributed by atoms with E-state index >= 15 is 0 Å². The highest BCUT2D eigenvalue weighted by Gasteiger charge is 2.32. The highest BCUT2D eigenvalue weighted by molar-refractivity contribution is 7.91. The third-order valence-electron chi connectivity index (χ3n) is 3.88. The molecule has 8 heteroatoms. The first kappa shape index (κ1) is 17.9. The highest BCUT2D eigenvalue weighted by atomic mass is 32.2. The van der Waals surface area contributed by atoms with Gasteiger partial charge in [-0.1, -0.05) is 12.1 Å². The van der Waals surface area contributed by atoms with E-state index in [2.05, 4.69) is 16.6 Å². The maximum Gasteiger partial charge on any atom is 0.244 e. The predicted octanol–water partition coefficient (Wildman–Crippen LogP) is 0.921. The fourth-order valence-electron chi connectivity index (χ4n) is 2.43.